The Morgan fingerprint density at radius 3 is 1.86 bits per heavy atom. The van der Waals surface area contributed by atoms with Crippen molar-refractivity contribution in [3.05, 3.63) is 60.7 Å². The fourth-order valence-corrected chi connectivity index (χ4v) is 9.09. The molecule has 35 heavy (non-hydrogen) atoms. The second-order valence-corrected chi connectivity index (χ2v) is 14.4. The predicted molar refractivity (Wildman–Crippen MR) is 142 cm³/mol. The third-order valence-electron chi connectivity index (χ3n) is 6.14. The van der Waals surface area contributed by atoms with Crippen LogP contribution in [0.3, 0.4) is 0 Å². The van der Waals surface area contributed by atoms with E-state index < -0.39 is 13.9 Å². The first kappa shape index (κ1) is 29.2. The first-order valence-corrected chi connectivity index (χ1v) is 14.1. The van der Waals surface area contributed by atoms with Gasteiger partial charge >= 0.3 is 5.97 Å². The zero-order valence-corrected chi connectivity index (χ0v) is 23.3. The first-order valence-electron chi connectivity index (χ1n) is 12.2. The van der Waals surface area contributed by atoms with Crippen molar-refractivity contribution in [2.24, 2.45) is 0 Å². The van der Waals surface area contributed by atoms with E-state index in [-0.39, 0.29) is 30.5 Å². The van der Waals surface area contributed by atoms with E-state index in [2.05, 4.69) is 69.3 Å². The quantitative estimate of drug-likeness (QED) is 0.166. The van der Waals surface area contributed by atoms with Crippen LogP contribution in [0, 0.1) is 0 Å². The first-order chi connectivity index (χ1) is 16.5. The molecule has 6 nitrogen and oxygen atoms in total. The Hall–Kier alpha value is -2.03. The summed E-state index contributed by atoms with van der Waals surface area (Å²) < 4.78 is 29.5. The van der Waals surface area contributed by atoms with Gasteiger partial charge in [-0.25, -0.2) is 0 Å². The molecule has 2 aromatic carbocycles. The second kappa shape index (κ2) is 13.3. The monoisotopic (exact) mass is 502 g/mol. The van der Waals surface area contributed by atoms with Crippen molar-refractivity contribution in [1.29, 1.82) is 0 Å². The molecule has 194 valence electrons. The van der Waals surface area contributed by atoms with E-state index in [1.165, 1.54) is 17.3 Å². The largest absolute Gasteiger partial charge is 0.466 e. The van der Waals surface area contributed by atoms with E-state index in [0.29, 0.717) is 19.6 Å². The van der Waals surface area contributed by atoms with Gasteiger partial charge in [-0.1, -0.05) is 81.4 Å². The maximum atomic E-state index is 11.5. The minimum atomic E-state index is -2.84. The smallest absolute Gasteiger partial charge is 0.302 e. The Morgan fingerprint density at radius 1 is 0.857 bits per heavy atom. The topological polar surface area (TPSA) is 63.2 Å². The van der Waals surface area contributed by atoms with Gasteiger partial charge in [-0.3, -0.25) is 4.79 Å². The summed E-state index contributed by atoms with van der Waals surface area (Å²) in [6.07, 6.45) is 0.133. The van der Waals surface area contributed by atoms with Gasteiger partial charge in [0, 0.05) is 20.5 Å². The standard InChI is InChI=1S/C28H42O6Si/c1-23(29)32-19-18-26(28(5,6)33-22-31-21-20-30-7)34-35(27(2,3)4,24-14-10-8-11-15-24)25-16-12-9-13-17-25/h8-17,26H,18-22H2,1-7H3/t26-/m0/s1. The van der Waals surface area contributed by atoms with Crippen LogP contribution in [0.5, 0.6) is 0 Å². The van der Waals surface area contributed by atoms with Crippen LogP contribution >= 0.6 is 0 Å². The number of carbonyl (C=O) groups is 1. The van der Waals surface area contributed by atoms with Crippen molar-refractivity contribution in [3.63, 3.8) is 0 Å². The summed E-state index contributed by atoms with van der Waals surface area (Å²) in [7, 11) is -1.21. The van der Waals surface area contributed by atoms with Crippen LogP contribution in [-0.4, -0.2) is 59.7 Å². The molecule has 7 heteroatoms. The van der Waals surface area contributed by atoms with Crippen molar-refractivity contribution in [2.45, 2.75) is 64.7 Å². The summed E-state index contributed by atoms with van der Waals surface area (Å²) in [5.41, 5.74) is -0.708. The molecular formula is C28H42O6Si. The van der Waals surface area contributed by atoms with Crippen molar-refractivity contribution in [2.75, 3.05) is 33.7 Å². The van der Waals surface area contributed by atoms with Crippen molar-refractivity contribution < 1.29 is 28.2 Å². The molecular weight excluding hydrogens is 460 g/mol. The van der Waals surface area contributed by atoms with Gasteiger partial charge in [0.1, 0.15) is 6.79 Å². The van der Waals surface area contributed by atoms with Gasteiger partial charge in [0.05, 0.1) is 31.5 Å². The zero-order valence-electron chi connectivity index (χ0n) is 22.3. The van der Waals surface area contributed by atoms with E-state index in [1.54, 1.807) is 7.11 Å². The lowest BCUT2D eigenvalue weighted by Crippen LogP contribution is -2.69. The number of hydrogen-bond donors (Lipinski definition) is 0. The minimum Gasteiger partial charge on any atom is -0.466 e. The average Bonchev–Trinajstić information content (AvgIpc) is 2.81. The van der Waals surface area contributed by atoms with E-state index in [4.69, 9.17) is 23.4 Å². The van der Waals surface area contributed by atoms with E-state index in [9.17, 15) is 4.79 Å². The molecule has 2 aromatic rings. The lowest BCUT2D eigenvalue weighted by atomic mass is 9.99. The molecule has 0 bridgehead atoms. The van der Waals surface area contributed by atoms with Gasteiger partial charge in [0.2, 0.25) is 0 Å². The molecule has 0 radical (unpaired) electrons. The Balaban J connectivity index is 2.51. The van der Waals surface area contributed by atoms with Gasteiger partial charge < -0.3 is 23.4 Å². The van der Waals surface area contributed by atoms with Gasteiger partial charge in [-0.15, -0.1) is 0 Å². The highest BCUT2D eigenvalue weighted by molar-refractivity contribution is 6.99. The van der Waals surface area contributed by atoms with Crippen LogP contribution in [0.2, 0.25) is 5.04 Å². The molecule has 0 amide bonds. The van der Waals surface area contributed by atoms with Crippen LogP contribution in [0.1, 0.15) is 48.0 Å². The minimum absolute atomic E-state index is 0.116. The highest BCUT2D eigenvalue weighted by Gasteiger charge is 2.53. The highest BCUT2D eigenvalue weighted by atomic mass is 28.4. The van der Waals surface area contributed by atoms with Crippen molar-refractivity contribution in [1.82, 2.24) is 0 Å². The van der Waals surface area contributed by atoms with E-state index >= 15 is 0 Å². The second-order valence-electron chi connectivity index (χ2n) is 10.2. The normalized spacial score (nSPS) is 13.5. The van der Waals surface area contributed by atoms with Crippen molar-refractivity contribution >= 4 is 24.7 Å². The maximum absolute atomic E-state index is 11.5. The molecule has 0 aliphatic carbocycles. The predicted octanol–water partition coefficient (Wildman–Crippen LogP) is 4.30. The highest BCUT2D eigenvalue weighted by Crippen LogP contribution is 2.39. The average molecular weight is 503 g/mol. The van der Waals surface area contributed by atoms with Gasteiger partial charge in [-0.05, 0) is 29.3 Å². The summed E-state index contributed by atoms with van der Waals surface area (Å²) >= 11 is 0. The number of hydrogen-bond acceptors (Lipinski definition) is 6. The van der Waals surface area contributed by atoms with Gasteiger partial charge in [0.25, 0.3) is 8.32 Å². The van der Waals surface area contributed by atoms with E-state index in [1.807, 2.05) is 26.0 Å². The molecule has 0 unspecified atom stereocenters. The fraction of sp³-hybridized carbons (Fsp3) is 0.536. The van der Waals surface area contributed by atoms with Crippen LogP contribution in [0.15, 0.2) is 60.7 Å². The summed E-state index contributed by atoms with van der Waals surface area (Å²) in [5.74, 6) is -0.309. The molecule has 0 heterocycles. The maximum Gasteiger partial charge on any atom is 0.302 e. The Bertz CT molecular complexity index is 840. The molecule has 0 N–H and O–H groups in total. The summed E-state index contributed by atoms with van der Waals surface area (Å²) in [6.45, 7) is 13.5. The molecule has 0 aliphatic heterocycles. The number of rotatable bonds is 14. The van der Waals surface area contributed by atoms with Crippen LogP contribution < -0.4 is 10.4 Å². The molecule has 0 saturated heterocycles. The van der Waals surface area contributed by atoms with Crippen LogP contribution in [0.4, 0.5) is 0 Å². The Morgan fingerprint density at radius 2 is 1.40 bits per heavy atom. The number of ether oxygens (including phenoxy) is 4. The number of benzene rings is 2. The van der Waals surface area contributed by atoms with Crippen LogP contribution in [-0.2, 0) is 28.2 Å². The van der Waals surface area contributed by atoms with Crippen molar-refractivity contribution in [3.8, 4) is 0 Å². The number of esters is 1. The fourth-order valence-electron chi connectivity index (χ4n) is 4.25. The Kier molecular flexibility index (Phi) is 11.1. The molecule has 2 rings (SSSR count). The lowest BCUT2D eigenvalue weighted by Gasteiger charge is -2.48. The molecule has 0 aliphatic rings. The summed E-state index contributed by atoms with van der Waals surface area (Å²) in [6, 6.07) is 21.0. The van der Waals surface area contributed by atoms with Crippen LogP contribution in [0.25, 0.3) is 0 Å². The van der Waals surface area contributed by atoms with E-state index in [0.717, 1.165) is 0 Å². The number of carbonyl (C=O) groups excluding carboxylic acids is 1. The lowest BCUT2D eigenvalue weighted by molar-refractivity contribution is -0.172. The SMILES string of the molecule is COCCOCOC(C)(C)[C@H](CCOC(C)=O)O[Si](c1ccccc1)(c1ccccc1)C(C)(C)C. The summed E-state index contributed by atoms with van der Waals surface area (Å²) in [5, 5.41) is 2.17. The zero-order chi connectivity index (χ0) is 26.0. The molecule has 1 atom stereocenters. The molecule has 0 fully saturated rings. The number of methoxy groups -OCH3 is 1. The summed E-state index contributed by atoms with van der Waals surface area (Å²) in [4.78, 5) is 11.5. The Labute approximate surface area is 212 Å². The molecule has 0 saturated carbocycles. The molecule has 0 aromatic heterocycles. The van der Waals surface area contributed by atoms with Gasteiger partial charge in [-0.2, -0.15) is 0 Å². The third kappa shape index (κ3) is 7.98. The third-order valence-corrected chi connectivity index (χ3v) is 11.2. The van der Waals surface area contributed by atoms with Gasteiger partial charge in [0.15, 0.2) is 0 Å². The molecule has 0 spiro atoms.